The van der Waals surface area contributed by atoms with E-state index in [1.165, 1.54) is 19.3 Å². The van der Waals surface area contributed by atoms with E-state index in [2.05, 4.69) is 12.2 Å². The van der Waals surface area contributed by atoms with E-state index in [-0.39, 0.29) is 11.7 Å². The quantitative estimate of drug-likeness (QED) is 0.671. The summed E-state index contributed by atoms with van der Waals surface area (Å²) in [5.74, 6) is 0.426. The molecule has 0 aliphatic carbocycles. The first kappa shape index (κ1) is 15.5. The molecule has 1 amide bonds. The minimum atomic E-state index is 0.148. The van der Waals surface area contributed by atoms with Crippen molar-refractivity contribution in [2.75, 3.05) is 6.54 Å². The van der Waals surface area contributed by atoms with Crippen LogP contribution in [0.5, 0.6) is 5.75 Å². The Morgan fingerprint density at radius 1 is 1.11 bits per heavy atom. The lowest BCUT2D eigenvalue weighted by molar-refractivity contribution is -0.121. The van der Waals surface area contributed by atoms with Crippen LogP contribution in [0.25, 0.3) is 0 Å². The van der Waals surface area contributed by atoms with E-state index in [9.17, 15) is 4.79 Å². The van der Waals surface area contributed by atoms with E-state index in [4.69, 9.17) is 5.11 Å². The minimum Gasteiger partial charge on any atom is -0.508 e. The number of carbonyl (C=O) groups excluding carboxylic acids is 1. The molecule has 0 aliphatic heterocycles. The summed E-state index contributed by atoms with van der Waals surface area (Å²) in [4.78, 5) is 11.6. The highest BCUT2D eigenvalue weighted by Gasteiger charge is 2.00. The average Bonchev–Trinajstić information content (AvgIpc) is 2.41. The van der Waals surface area contributed by atoms with Crippen LogP contribution in [0, 0.1) is 0 Å². The van der Waals surface area contributed by atoms with Gasteiger partial charge in [0.1, 0.15) is 5.75 Å². The molecule has 0 radical (unpaired) electrons. The maximum atomic E-state index is 11.6. The van der Waals surface area contributed by atoms with Crippen molar-refractivity contribution in [1.82, 2.24) is 5.32 Å². The van der Waals surface area contributed by atoms with E-state index >= 15 is 0 Å². The molecule has 0 unspecified atom stereocenters. The third-order valence-corrected chi connectivity index (χ3v) is 3.18. The van der Waals surface area contributed by atoms with Crippen LogP contribution in [0.2, 0.25) is 0 Å². The normalized spacial score (nSPS) is 10.4. The first-order valence-electron chi connectivity index (χ1n) is 7.27. The Balaban J connectivity index is 2.05. The average molecular weight is 263 g/mol. The second-order valence-electron chi connectivity index (χ2n) is 4.93. The maximum absolute atomic E-state index is 11.6. The van der Waals surface area contributed by atoms with Gasteiger partial charge >= 0.3 is 0 Å². The summed E-state index contributed by atoms with van der Waals surface area (Å²) in [7, 11) is 0. The van der Waals surface area contributed by atoms with Crippen molar-refractivity contribution < 1.29 is 9.90 Å². The Morgan fingerprint density at radius 2 is 1.79 bits per heavy atom. The molecule has 2 N–H and O–H groups in total. The summed E-state index contributed by atoms with van der Waals surface area (Å²) in [6, 6.07) is 7.11. The molecule has 0 atom stereocenters. The van der Waals surface area contributed by atoms with Crippen LogP contribution in [0.15, 0.2) is 24.3 Å². The van der Waals surface area contributed by atoms with Crippen molar-refractivity contribution in [2.24, 2.45) is 0 Å². The van der Waals surface area contributed by atoms with Gasteiger partial charge in [-0.1, -0.05) is 44.7 Å². The van der Waals surface area contributed by atoms with Gasteiger partial charge in [0, 0.05) is 13.0 Å². The van der Waals surface area contributed by atoms with Gasteiger partial charge in [-0.25, -0.2) is 0 Å². The largest absolute Gasteiger partial charge is 0.508 e. The number of phenols is 1. The lowest BCUT2D eigenvalue weighted by Crippen LogP contribution is -2.25. The zero-order valence-corrected chi connectivity index (χ0v) is 11.8. The highest BCUT2D eigenvalue weighted by molar-refractivity contribution is 5.75. The fourth-order valence-corrected chi connectivity index (χ4v) is 1.99. The van der Waals surface area contributed by atoms with Crippen molar-refractivity contribution >= 4 is 5.91 Å². The minimum absolute atomic E-state index is 0.148. The van der Waals surface area contributed by atoms with Gasteiger partial charge in [0.15, 0.2) is 0 Å². The molecule has 3 heteroatoms. The molecule has 1 aromatic rings. The predicted octanol–water partition coefficient (Wildman–Crippen LogP) is 3.41. The summed E-state index contributed by atoms with van der Waals surface area (Å²) >= 11 is 0. The number of unbranched alkanes of at least 4 members (excludes halogenated alkanes) is 4. The highest BCUT2D eigenvalue weighted by atomic mass is 16.3. The van der Waals surface area contributed by atoms with Gasteiger partial charge in [-0.2, -0.15) is 0 Å². The summed E-state index contributed by atoms with van der Waals surface area (Å²) in [5, 5.41) is 12.1. The van der Waals surface area contributed by atoms with E-state index in [0.717, 1.165) is 24.8 Å². The van der Waals surface area contributed by atoms with Crippen molar-refractivity contribution in [3.8, 4) is 5.75 Å². The van der Waals surface area contributed by atoms with Crippen LogP contribution in [0.4, 0.5) is 0 Å². The van der Waals surface area contributed by atoms with Gasteiger partial charge in [-0.05, 0) is 30.5 Å². The van der Waals surface area contributed by atoms with Crippen molar-refractivity contribution in [2.45, 2.75) is 51.9 Å². The SMILES string of the molecule is CCCCCCCC(=O)NCCc1ccc(O)cc1. The highest BCUT2D eigenvalue weighted by Crippen LogP contribution is 2.09. The van der Waals surface area contributed by atoms with Crippen LogP contribution in [0.1, 0.15) is 51.0 Å². The maximum Gasteiger partial charge on any atom is 0.220 e. The van der Waals surface area contributed by atoms with Crippen LogP contribution in [-0.4, -0.2) is 17.6 Å². The lowest BCUT2D eigenvalue weighted by Gasteiger charge is -2.05. The van der Waals surface area contributed by atoms with Crippen LogP contribution in [0.3, 0.4) is 0 Å². The molecule has 0 aromatic heterocycles. The molecular formula is C16H25NO2. The number of nitrogens with one attached hydrogen (secondary N) is 1. The first-order chi connectivity index (χ1) is 9.22. The molecule has 1 rings (SSSR count). The van der Waals surface area contributed by atoms with Gasteiger partial charge in [0.25, 0.3) is 0 Å². The molecule has 0 saturated heterocycles. The Hall–Kier alpha value is -1.51. The lowest BCUT2D eigenvalue weighted by atomic mass is 10.1. The number of amides is 1. The molecule has 0 spiro atoms. The molecular weight excluding hydrogens is 238 g/mol. The summed E-state index contributed by atoms with van der Waals surface area (Å²) in [6.07, 6.45) is 7.32. The van der Waals surface area contributed by atoms with Crippen LogP contribution >= 0.6 is 0 Å². The third-order valence-electron chi connectivity index (χ3n) is 3.18. The standard InChI is InChI=1S/C16H25NO2/c1-2-3-4-5-6-7-16(19)17-13-12-14-8-10-15(18)11-9-14/h8-11,18H,2-7,12-13H2,1H3,(H,17,19). The molecule has 0 aliphatic rings. The van der Waals surface area contributed by atoms with E-state index in [0.29, 0.717) is 13.0 Å². The van der Waals surface area contributed by atoms with Gasteiger partial charge in [0.05, 0.1) is 0 Å². The molecule has 0 saturated carbocycles. The number of hydrogen-bond donors (Lipinski definition) is 2. The monoisotopic (exact) mass is 263 g/mol. The number of phenolic OH excluding ortho intramolecular Hbond substituents is 1. The molecule has 0 heterocycles. The molecule has 1 aromatic carbocycles. The second kappa shape index (κ2) is 9.42. The van der Waals surface area contributed by atoms with Crippen LogP contribution in [-0.2, 0) is 11.2 Å². The number of rotatable bonds is 9. The Morgan fingerprint density at radius 3 is 2.47 bits per heavy atom. The molecule has 0 bridgehead atoms. The van der Waals surface area contributed by atoms with Gasteiger partial charge in [0.2, 0.25) is 5.91 Å². The Kier molecular flexibility index (Phi) is 7.71. The molecule has 3 nitrogen and oxygen atoms in total. The molecule has 19 heavy (non-hydrogen) atoms. The van der Waals surface area contributed by atoms with Crippen molar-refractivity contribution in [1.29, 1.82) is 0 Å². The number of benzene rings is 1. The van der Waals surface area contributed by atoms with Crippen molar-refractivity contribution in [3.63, 3.8) is 0 Å². The summed E-state index contributed by atoms with van der Waals surface area (Å²) < 4.78 is 0. The van der Waals surface area contributed by atoms with Gasteiger partial charge in [-0.15, -0.1) is 0 Å². The number of carbonyl (C=O) groups is 1. The zero-order valence-electron chi connectivity index (χ0n) is 11.8. The second-order valence-corrected chi connectivity index (χ2v) is 4.93. The zero-order chi connectivity index (χ0) is 13.9. The Bertz CT molecular complexity index is 360. The number of aromatic hydroxyl groups is 1. The topological polar surface area (TPSA) is 49.3 Å². The van der Waals surface area contributed by atoms with E-state index < -0.39 is 0 Å². The van der Waals surface area contributed by atoms with E-state index in [1.807, 2.05) is 12.1 Å². The first-order valence-corrected chi connectivity index (χ1v) is 7.27. The predicted molar refractivity (Wildman–Crippen MR) is 78.2 cm³/mol. The summed E-state index contributed by atoms with van der Waals surface area (Å²) in [5.41, 5.74) is 1.13. The van der Waals surface area contributed by atoms with E-state index in [1.54, 1.807) is 12.1 Å². The Labute approximate surface area is 116 Å². The van der Waals surface area contributed by atoms with Crippen molar-refractivity contribution in [3.05, 3.63) is 29.8 Å². The summed E-state index contributed by atoms with van der Waals surface area (Å²) in [6.45, 7) is 2.86. The number of hydrogen-bond acceptors (Lipinski definition) is 2. The fraction of sp³-hybridized carbons (Fsp3) is 0.562. The fourth-order valence-electron chi connectivity index (χ4n) is 1.99. The molecule has 106 valence electrons. The van der Waals surface area contributed by atoms with Crippen LogP contribution < -0.4 is 5.32 Å². The smallest absolute Gasteiger partial charge is 0.220 e. The third kappa shape index (κ3) is 7.50. The molecule has 0 fully saturated rings. The van der Waals surface area contributed by atoms with Gasteiger partial charge < -0.3 is 10.4 Å². The van der Waals surface area contributed by atoms with Gasteiger partial charge in [-0.3, -0.25) is 4.79 Å².